The largest absolute Gasteiger partial charge is 0.480 e. The lowest BCUT2D eigenvalue weighted by atomic mass is 9.84. The second-order valence-electron chi connectivity index (χ2n) is 8.57. The van der Waals surface area contributed by atoms with E-state index in [-0.39, 0.29) is 0 Å². The Morgan fingerprint density at radius 2 is 1.81 bits per heavy atom. The van der Waals surface area contributed by atoms with Crippen LogP contribution < -0.4 is 5.32 Å². The number of halogens is 1. The van der Waals surface area contributed by atoms with Gasteiger partial charge in [0.2, 0.25) is 0 Å². The SMILES string of the molecule is C=C(NC(Cc1ccc(C2=C(CC)CCC=C2CC)cc1)C(=O)O)C1=C(Cl)CCC=C1C. The molecule has 170 valence electrons. The smallest absolute Gasteiger partial charge is 0.326 e. The molecule has 0 spiro atoms. The molecule has 0 radical (unpaired) electrons. The lowest BCUT2D eigenvalue weighted by Gasteiger charge is -2.23. The van der Waals surface area contributed by atoms with E-state index in [0.29, 0.717) is 12.1 Å². The summed E-state index contributed by atoms with van der Waals surface area (Å²) in [5, 5.41) is 13.7. The number of hydrogen-bond donors (Lipinski definition) is 2. The summed E-state index contributed by atoms with van der Waals surface area (Å²) in [6, 6.07) is 7.60. The fourth-order valence-corrected chi connectivity index (χ4v) is 5.10. The molecule has 2 aliphatic carbocycles. The molecule has 3 nitrogen and oxygen atoms in total. The fourth-order valence-electron chi connectivity index (χ4n) is 4.72. The van der Waals surface area contributed by atoms with Crippen LogP contribution in [0.25, 0.3) is 5.57 Å². The summed E-state index contributed by atoms with van der Waals surface area (Å²) < 4.78 is 0. The monoisotopic (exact) mass is 451 g/mol. The van der Waals surface area contributed by atoms with E-state index >= 15 is 0 Å². The summed E-state index contributed by atoms with van der Waals surface area (Å²) in [7, 11) is 0. The van der Waals surface area contributed by atoms with E-state index in [9.17, 15) is 9.90 Å². The first kappa shape index (κ1) is 24.1. The molecule has 0 bridgehead atoms. The van der Waals surface area contributed by atoms with Gasteiger partial charge in [0.1, 0.15) is 6.04 Å². The highest BCUT2D eigenvalue weighted by Gasteiger charge is 2.22. The van der Waals surface area contributed by atoms with Crippen LogP contribution in [-0.4, -0.2) is 17.1 Å². The molecular weight excluding hydrogens is 418 g/mol. The third-order valence-electron chi connectivity index (χ3n) is 6.43. The van der Waals surface area contributed by atoms with Crippen molar-refractivity contribution in [2.24, 2.45) is 0 Å². The molecule has 0 aromatic heterocycles. The molecular formula is C28H34ClNO2. The van der Waals surface area contributed by atoms with Gasteiger partial charge in [0.25, 0.3) is 0 Å². The highest BCUT2D eigenvalue weighted by molar-refractivity contribution is 6.30. The summed E-state index contributed by atoms with van der Waals surface area (Å²) in [6.45, 7) is 10.5. The Balaban J connectivity index is 1.77. The maximum atomic E-state index is 12.0. The first-order valence-electron chi connectivity index (χ1n) is 11.6. The first-order chi connectivity index (χ1) is 15.3. The van der Waals surface area contributed by atoms with Crippen molar-refractivity contribution in [2.75, 3.05) is 0 Å². The predicted octanol–water partition coefficient (Wildman–Crippen LogP) is 7.31. The summed E-state index contributed by atoms with van der Waals surface area (Å²) in [4.78, 5) is 12.0. The summed E-state index contributed by atoms with van der Waals surface area (Å²) >= 11 is 6.42. The number of hydrogen-bond acceptors (Lipinski definition) is 2. The maximum absolute atomic E-state index is 12.0. The summed E-state index contributed by atoms with van der Waals surface area (Å²) in [5.74, 6) is -0.899. The normalized spacial score (nSPS) is 17.6. The standard InChI is InChI=1S/C28H34ClNO2/c1-5-21-10-8-11-22(6-2)27(21)23-15-13-20(14-16-23)17-25(28(31)32)30-19(4)26-18(3)9-7-12-24(26)29/h9-10,13-16,25,30H,4-8,11-12,17H2,1-3H3,(H,31,32). The summed E-state index contributed by atoms with van der Waals surface area (Å²) in [5.41, 5.74) is 8.98. The Labute approximate surface area is 197 Å². The highest BCUT2D eigenvalue weighted by atomic mass is 35.5. The Hall–Kier alpha value is -2.52. The third kappa shape index (κ3) is 5.45. The number of carbonyl (C=O) groups is 1. The number of carboxylic acid groups (broad SMARTS) is 1. The molecule has 32 heavy (non-hydrogen) atoms. The first-order valence-corrected chi connectivity index (χ1v) is 12.0. The Morgan fingerprint density at radius 3 is 2.41 bits per heavy atom. The van der Waals surface area contributed by atoms with E-state index in [4.69, 9.17) is 11.6 Å². The van der Waals surface area contributed by atoms with E-state index in [1.165, 1.54) is 22.3 Å². The van der Waals surface area contributed by atoms with E-state index in [1.54, 1.807) is 0 Å². The van der Waals surface area contributed by atoms with Gasteiger partial charge in [0.05, 0.1) is 0 Å². The van der Waals surface area contributed by atoms with E-state index < -0.39 is 12.0 Å². The average molecular weight is 452 g/mol. The van der Waals surface area contributed by atoms with Crippen LogP contribution in [0.2, 0.25) is 0 Å². The zero-order chi connectivity index (χ0) is 23.3. The second kappa shape index (κ2) is 10.9. The van der Waals surface area contributed by atoms with Gasteiger partial charge in [-0.3, -0.25) is 0 Å². The molecule has 3 rings (SSSR count). The minimum absolute atomic E-state index is 0.373. The number of carboxylic acids is 1. The van der Waals surface area contributed by atoms with Gasteiger partial charge in [0.15, 0.2) is 0 Å². The number of rotatable bonds is 9. The Kier molecular flexibility index (Phi) is 8.20. The van der Waals surface area contributed by atoms with Crippen molar-refractivity contribution < 1.29 is 9.90 Å². The minimum atomic E-state index is -0.899. The van der Waals surface area contributed by atoms with Gasteiger partial charge in [-0.15, -0.1) is 0 Å². The van der Waals surface area contributed by atoms with Crippen LogP contribution in [-0.2, 0) is 11.2 Å². The van der Waals surface area contributed by atoms with Crippen LogP contribution in [0.15, 0.2) is 76.0 Å². The Morgan fingerprint density at radius 1 is 1.12 bits per heavy atom. The van der Waals surface area contributed by atoms with E-state index in [0.717, 1.165) is 60.3 Å². The molecule has 1 aromatic rings. The molecule has 1 atom stereocenters. The molecule has 1 aromatic carbocycles. The van der Waals surface area contributed by atoms with E-state index in [1.807, 2.05) is 6.92 Å². The summed E-state index contributed by atoms with van der Waals surface area (Å²) in [6.07, 6.45) is 10.9. The van der Waals surface area contributed by atoms with Crippen molar-refractivity contribution >= 4 is 23.1 Å². The molecule has 1 unspecified atom stereocenters. The van der Waals surface area contributed by atoms with Crippen LogP contribution >= 0.6 is 11.6 Å². The third-order valence-corrected chi connectivity index (χ3v) is 6.81. The van der Waals surface area contributed by atoms with Crippen LogP contribution in [0.4, 0.5) is 0 Å². The van der Waals surface area contributed by atoms with Gasteiger partial charge in [-0.2, -0.15) is 0 Å². The van der Waals surface area contributed by atoms with Crippen molar-refractivity contribution in [3.05, 3.63) is 87.1 Å². The van der Waals surface area contributed by atoms with Crippen molar-refractivity contribution in [3.8, 4) is 0 Å². The van der Waals surface area contributed by atoms with Crippen LogP contribution in [0, 0.1) is 0 Å². The van der Waals surface area contributed by atoms with E-state index in [2.05, 4.69) is 62.2 Å². The topological polar surface area (TPSA) is 49.3 Å². The molecule has 0 heterocycles. The molecule has 0 fully saturated rings. The van der Waals surface area contributed by atoms with Crippen molar-refractivity contribution in [2.45, 2.75) is 71.8 Å². The van der Waals surface area contributed by atoms with Crippen LogP contribution in [0.1, 0.15) is 70.4 Å². The van der Waals surface area contributed by atoms with Crippen molar-refractivity contribution in [1.82, 2.24) is 5.32 Å². The number of aliphatic carboxylic acids is 1. The number of allylic oxidation sites excluding steroid dienone is 7. The quantitative estimate of drug-likeness (QED) is 0.413. The Bertz CT molecular complexity index is 1010. The molecule has 0 aliphatic heterocycles. The van der Waals surface area contributed by atoms with Gasteiger partial charge in [-0.1, -0.05) is 74.0 Å². The van der Waals surface area contributed by atoms with Gasteiger partial charge in [-0.05, 0) is 73.3 Å². The lowest BCUT2D eigenvalue weighted by Crippen LogP contribution is -2.38. The molecule has 0 amide bonds. The number of nitrogens with one attached hydrogen (secondary N) is 1. The second-order valence-corrected chi connectivity index (χ2v) is 9.03. The minimum Gasteiger partial charge on any atom is -0.480 e. The zero-order valence-electron chi connectivity index (χ0n) is 19.4. The van der Waals surface area contributed by atoms with Crippen LogP contribution in [0.3, 0.4) is 0 Å². The molecule has 0 saturated carbocycles. The predicted molar refractivity (Wildman–Crippen MR) is 135 cm³/mol. The average Bonchev–Trinajstić information content (AvgIpc) is 2.78. The highest BCUT2D eigenvalue weighted by Crippen LogP contribution is 2.36. The number of benzene rings is 1. The molecule has 4 heteroatoms. The van der Waals surface area contributed by atoms with Gasteiger partial charge in [0, 0.05) is 22.7 Å². The van der Waals surface area contributed by atoms with Crippen molar-refractivity contribution in [3.63, 3.8) is 0 Å². The maximum Gasteiger partial charge on any atom is 0.326 e. The molecule has 2 N–H and O–H groups in total. The van der Waals surface area contributed by atoms with Gasteiger partial charge in [-0.25, -0.2) is 4.79 Å². The zero-order valence-corrected chi connectivity index (χ0v) is 20.2. The fraction of sp³-hybridized carbons (Fsp3) is 0.393. The van der Waals surface area contributed by atoms with Crippen LogP contribution in [0.5, 0.6) is 0 Å². The van der Waals surface area contributed by atoms with Crippen molar-refractivity contribution in [1.29, 1.82) is 0 Å². The van der Waals surface area contributed by atoms with Gasteiger partial charge < -0.3 is 10.4 Å². The molecule has 0 saturated heterocycles. The van der Waals surface area contributed by atoms with Gasteiger partial charge >= 0.3 is 5.97 Å². The lowest BCUT2D eigenvalue weighted by molar-refractivity contribution is -0.139. The molecule has 2 aliphatic rings.